The smallest absolute Gasteiger partial charge is 0.253 e. The highest BCUT2D eigenvalue weighted by atomic mass is 16.5. The van der Waals surface area contributed by atoms with Gasteiger partial charge in [-0.25, -0.2) is 0 Å². The Labute approximate surface area is 121 Å². The number of rotatable bonds is 9. The first-order valence-electron chi connectivity index (χ1n) is 7.38. The van der Waals surface area contributed by atoms with Crippen molar-refractivity contribution in [3.63, 3.8) is 0 Å². The van der Waals surface area contributed by atoms with Crippen molar-refractivity contribution in [1.82, 2.24) is 0 Å². The largest absolute Gasteiger partial charge is 0.369 e. The molecule has 0 heterocycles. The summed E-state index contributed by atoms with van der Waals surface area (Å²) in [6.45, 7) is 5.05. The Bertz CT molecular complexity index is 407. The van der Waals surface area contributed by atoms with Crippen LogP contribution in [0.4, 0.5) is 5.69 Å². The molecule has 1 aromatic rings. The fourth-order valence-electron chi connectivity index (χ4n) is 1.88. The van der Waals surface area contributed by atoms with Gasteiger partial charge in [0.15, 0.2) is 0 Å². The topological polar surface area (TPSA) is 64.3 Å². The molecule has 0 aliphatic carbocycles. The van der Waals surface area contributed by atoms with Crippen LogP contribution in [0.2, 0.25) is 0 Å². The van der Waals surface area contributed by atoms with Gasteiger partial charge in [-0.3, -0.25) is 4.79 Å². The lowest BCUT2D eigenvalue weighted by Crippen LogP contribution is -2.28. The number of benzene rings is 1. The zero-order chi connectivity index (χ0) is 14.8. The number of carbonyl (C=O) groups is 1. The molecule has 4 nitrogen and oxygen atoms in total. The maximum atomic E-state index is 12.0. The van der Waals surface area contributed by atoms with Crippen molar-refractivity contribution in [3.05, 3.63) is 29.8 Å². The zero-order valence-electron chi connectivity index (χ0n) is 12.5. The molecule has 1 rings (SSSR count). The number of ether oxygens (including phenoxy) is 1. The molecule has 0 bridgehead atoms. The van der Waals surface area contributed by atoms with E-state index < -0.39 is 6.10 Å². The number of nitrogens with one attached hydrogen (secondary N) is 1. The maximum absolute atomic E-state index is 12.0. The van der Waals surface area contributed by atoms with Gasteiger partial charge in [0.25, 0.3) is 5.91 Å². The number of amides is 1. The maximum Gasteiger partial charge on any atom is 0.253 e. The molecule has 0 aromatic heterocycles. The van der Waals surface area contributed by atoms with Gasteiger partial charge in [0.1, 0.15) is 6.10 Å². The lowest BCUT2D eigenvalue weighted by molar-refractivity contribution is -0.126. The Morgan fingerprint density at radius 3 is 2.85 bits per heavy atom. The molecule has 0 saturated heterocycles. The highest BCUT2D eigenvalue weighted by Gasteiger charge is 2.13. The predicted molar refractivity (Wildman–Crippen MR) is 82.5 cm³/mol. The standard InChI is InChI=1S/C16H26N2O2/c1-3-4-5-6-10-20-13(2)16(19)18-15-9-7-8-14(11-15)12-17/h7-9,11,13H,3-6,10,12,17H2,1-2H3,(H,18,19). The third-order valence-corrected chi connectivity index (χ3v) is 3.17. The summed E-state index contributed by atoms with van der Waals surface area (Å²) < 4.78 is 5.54. The molecule has 0 aliphatic rings. The summed E-state index contributed by atoms with van der Waals surface area (Å²) in [5.41, 5.74) is 7.34. The minimum atomic E-state index is -0.432. The third kappa shape index (κ3) is 6.17. The second kappa shape index (κ2) is 9.50. The van der Waals surface area contributed by atoms with Crippen molar-refractivity contribution in [2.24, 2.45) is 5.73 Å². The Hall–Kier alpha value is -1.39. The minimum Gasteiger partial charge on any atom is -0.369 e. The molecule has 1 unspecified atom stereocenters. The van der Waals surface area contributed by atoms with E-state index in [0.717, 1.165) is 24.1 Å². The molecule has 0 aliphatic heterocycles. The molecule has 0 radical (unpaired) electrons. The Balaban J connectivity index is 2.33. The van der Waals surface area contributed by atoms with Crippen molar-refractivity contribution in [1.29, 1.82) is 0 Å². The first-order valence-corrected chi connectivity index (χ1v) is 7.38. The number of hydrogen-bond donors (Lipinski definition) is 2. The Morgan fingerprint density at radius 1 is 1.35 bits per heavy atom. The van der Waals surface area contributed by atoms with Gasteiger partial charge >= 0.3 is 0 Å². The van der Waals surface area contributed by atoms with E-state index in [2.05, 4.69) is 12.2 Å². The van der Waals surface area contributed by atoms with E-state index in [-0.39, 0.29) is 5.91 Å². The summed E-state index contributed by atoms with van der Waals surface area (Å²) >= 11 is 0. The van der Waals surface area contributed by atoms with E-state index in [1.807, 2.05) is 24.3 Å². The first-order chi connectivity index (χ1) is 9.67. The summed E-state index contributed by atoms with van der Waals surface area (Å²) in [5, 5.41) is 2.85. The molecule has 1 amide bonds. The first kappa shape index (κ1) is 16.7. The summed E-state index contributed by atoms with van der Waals surface area (Å²) in [7, 11) is 0. The zero-order valence-corrected chi connectivity index (χ0v) is 12.5. The summed E-state index contributed by atoms with van der Waals surface area (Å²) in [4.78, 5) is 12.0. The molecule has 4 heteroatoms. The van der Waals surface area contributed by atoms with E-state index in [1.165, 1.54) is 12.8 Å². The molecule has 20 heavy (non-hydrogen) atoms. The SMILES string of the molecule is CCCCCCOC(C)C(=O)Nc1cccc(CN)c1. The molecule has 112 valence electrons. The van der Waals surface area contributed by atoms with Crippen molar-refractivity contribution >= 4 is 11.6 Å². The van der Waals surface area contributed by atoms with Crippen LogP contribution >= 0.6 is 0 Å². The van der Waals surface area contributed by atoms with Crippen molar-refractivity contribution in [3.8, 4) is 0 Å². The van der Waals surface area contributed by atoms with Gasteiger partial charge < -0.3 is 15.8 Å². The monoisotopic (exact) mass is 278 g/mol. The van der Waals surface area contributed by atoms with Gasteiger partial charge in [0.05, 0.1) is 0 Å². The molecular formula is C16H26N2O2. The molecular weight excluding hydrogens is 252 g/mol. The normalized spacial score (nSPS) is 12.2. The van der Waals surface area contributed by atoms with E-state index in [4.69, 9.17) is 10.5 Å². The fraction of sp³-hybridized carbons (Fsp3) is 0.562. The molecule has 0 saturated carbocycles. The highest BCUT2D eigenvalue weighted by molar-refractivity contribution is 5.93. The molecule has 0 fully saturated rings. The summed E-state index contributed by atoms with van der Waals surface area (Å²) in [6.07, 6.45) is 4.15. The average molecular weight is 278 g/mol. The Kier molecular flexibility index (Phi) is 7.92. The molecule has 0 spiro atoms. The van der Waals surface area contributed by atoms with Gasteiger partial charge in [0.2, 0.25) is 0 Å². The number of anilines is 1. The predicted octanol–water partition coefficient (Wildman–Crippen LogP) is 3.07. The second-order valence-corrected chi connectivity index (χ2v) is 4.97. The number of nitrogens with two attached hydrogens (primary N) is 1. The fourth-order valence-corrected chi connectivity index (χ4v) is 1.88. The van der Waals surface area contributed by atoms with Crippen molar-refractivity contribution < 1.29 is 9.53 Å². The van der Waals surface area contributed by atoms with Crippen LogP contribution in [0.15, 0.2) is 24.3 Å². The van der Waals surface area contributed by atoms with Gasteiger partial charge in [-0.15, -0.1) is 0 Å². The van der Waals surface area contributed by atoms with Crippen LogP contribution in [0, 0.1) is 0 Å². The molecule has 3 N–H and O–H groups in total. The third-order valence-electron chi connectivity index (χ3n) is 3.17. The average Bonchev–Trinajstić information content (AvgIpc) is 2.47. The summed E-state index contributed by atoms with van der Waals surface area (Å²) in [6, 6.07) is 7.55. The lowest BCUT2D eigenvalue weighted by Gasteiger charge is -2.13. The number of unbranched alkanes of at least 4 members (excludes halogenated alkanes) is 3. The van der Waals surface area contributed by atoms with E-state index in [9.17, 15) is 4.79 Å². The number of carbonyl (C=O) groups excluding carboxylic acids is 1. The van der Waals surface area contributed by atoms with Gasteiger partial charge in [-0.1, -0.05) is 38.3 Å². The summed E-state index contributed by atoms with van der Waals surface area (Å²) in [5.74, 6) is -0.116. The van der Waals surface area contributed by atoms with Crippen LogP contribution in [0.3, 0.4) is 0 Å². The van der Waals surface area contributed by atoms with Gasteiger partial charge in [0, 0.05) is 18.8 Å². The van der Waals surface area contributed by atoms with E-state index in [1.54, 1.807) is 6.92 Å². The van der Waals surface area contributed by atoms with E-state index >= 15 is 0 Å². The minimum absolute atomic E-state index is 0.116. The van der Waals surface area contributed by atoms with Crippen LogP contribution in [0.25, 0.3) is 0 Å². The van der Waals surface area contributed by atoms with Crippen molar-refractivity contribution in [2.45, 2.75) is 52.2 Å². The Morgan fingerprint density at radius 2 is 2.15 bits per heavy atom. The van der Waals surface area contributed by atoms with Gasteiger partial charge in [-0.05, 0) is 31.0 Å². The number of hydrogen-bond acceptors (Lipinski definition) is 3. The van der Waals surface area contributed by atoms with Crippen LogP contribution in [-0.4, -0.2) is 18.6 Å². The van der Waals surface area contributed by atoms with Crippen LogP contribution in [-0.2, 0) is 16.1 Å². The molecule has 1 atom stereocenters. The van der Waals surface area contributed by atoms with Gasteiger partial charge in [-0.2, -0.15) is 0 Å². The quantitative estimate of drug-likeness (QED) is 0.682. The van der Waals surface area contributed by atoms with E-state index in [0.29, 0.717) is 13.2 Å². The van der Waals surface area contributed by atoms with Crippen LogP contribution in [0.5, 0.6) is 0 Å². The highest BCUT2D eigenvalue weighted by Crippen LogP contribution is 2.11. The van der Waals surface area contributed by atoms with Crippen molar-refractivity contribution in [2.75, 3.05) is 11.9 Å². The van der Waals surface area contributed by atoms with Crippen LogP contribution < -0.4 is 11.1 Å². The second-order valence-electron chi connectivity index (χ2n) is 4.97. The molecule has 1 aromatic carbocycles. The van der Waals surface area contributed by atoms with Crippen LogP contribution in [0.1, 0.15) is 45.1 Å². The lowest BCUT2D eigenvalue weighted by atomic mass is 10.2.